The van der Waals surface area contributed by atoms with Crippen LogP contribution in [0.3, 0.4) is 0 Å². The van der Waals surface area contributed by atoms with Crippen LogP contribution in [0.4, 0.5) is 4.39 Å². The molecule has 2 heterocycles. The first-order chi connectivity index (χ1) is 13.5. The fourth-order valence-electron chi connectivity index (χ4n) is 3.79. The number of piperidine rings is 1. The lowest BCUT2D eigenvalue weighted by Gasteiger charge is -2.32. The number of nitrogens with zero attached hydrogens (tertiary/aromatic N) is 1. The standard InChI is InChI=1S/C22H22FN3O2/c1-14(27)26-10-2-3-18(13-26)25-22(28)16-6-4-15(5-7-16)20-12-24-21-11-17(23)8-9-19(20)21/h4-9,11-12,18,24H,2-3,10,13H2,1H3,(H,25,28). The van der Waals surface area contributed by atoms with Crippen LogP contribution in [0.1, 0.15) is 30.1 Å². The molecule has 2 aromatic carbocycles. The largest absolute Gasteiger partial charge is 0.360 e. The average molecular weight is 379 g/mol. The zero-order chi connectivity index (χ0) is 19.7. The van der Waals surface area contributed by atoms with Gasteiger partial charge in [-0.3, -0.25) is 9.59 Å². The van der Waals surface area contributed by atoms with E-state index >= 15 is 0 Å². The van der Waals surface area contributed by atoms with Gasteiger partial charge in [-0.1, -0.05) is 12.1 Å². The van der Waals surface area contributed by atoms with E-state index in [0.29, 0.717) is 12.1 Å². The number of rotatable bonds is 3. The van der Waals surface area contributed by atoms with Gasteiger partial charge in [-0.25, -0.2) is 4.39 Å². The van der Waals surface area contributed by atoms with Crippen molar-refractivity contribution in [3.05, 3.63) is 60.0 Å². The molecule has 0 saturated carbocycles. The molecule has 1 aromatic heterocycles. The normalized spacial score (nSPS) is 16.9. The number of carbonyl (C=O) groups excluding carboxylic acids is 2. The Kier molecular flexibility index (Phi) is 4.86. The number of nitrogens with one attached hydrogen (secondary N) is 2. The summed E-state index contributed by atoms with van der Waals surface area (Å²) < 4.78 is 13.4. The third kappa shape index (κ3) is 3.63. The van der Waals surface area contributed by atoms with E-state index < -0.39 is 0 Å². The summed E-state index contributed by atoms with van der Waals surface area (Å²) in [5.74, 6) is -0.371. The monoisotopic (exact) mass is 379 g/mol. The van der Waals surface area contributed by atoms with E-state index in [1.54, 1.807) is 30.0 Å². The van der Waals surface area contributed by atoms with Crippen molar-refractivity contribution in [2.45, 2.75) is 25.8 Å². The summed E-state index contributed by atoms with van der Waals surface area (Å²) in [6.07, 6.45) is 3.61. The molecule has 2 amide bonds. The molecule has 4 rings (SSSR count). The second-order valence-corrected chi connectivity index (χ2v) is 7.25. The highest BCUT2D eigenvalue weighted by Gasteiger charge is 2.23. The topological polar surface area (TPSA) is 65.2 Å². The van der Waals surface area contributed by atoms with Gasteiger partial charge in [0, 0.05) is 54.3 Å². The molecule has 1 aliphatic heterocycles. The molecule has 5 nitrogen and oxygen atoms in total. The van der Waals surface area contributed by atoms with E-state index in [1.807, 2.05) is 18.3 Å². The number of likely N-dealkylation sites (tertiary alicyclic amines) is 1. The van der Waals surface area contributed by atoms with Crippen LogP contribution < -0.4 is 5.32 Å². The Hall–Kier alpha value is -3.15. The number of hydrogen-bond acceptors (Lipinski definition) is 2. The molecular weight excluding hydrogens is 357 g/mol. The van der Waals surface area contributed by atoms with Gasteiger partial charge < -0.3 is 15.2 Å². The summed E-state index contributed by atoms with van der Waals surface area (Å²) >= 11 is 0. The quantitative estimate of drug-likeness (QED) is 0.729. The lowest BCUT2D eigenvalue weighted by atomic mass is 10.0. The average Bonchev–Trinajstić information content (AvgIpc) is 3.11. The molecule has 1 unspecified atom stereocenters. The van der Waals surface area contributed by atoms with Gasteiger partial charge in [0.15, 0.2) is 0 Å². The van der Waals surface area contributed by atoms with Gasteiger partial charge in [0.2, 0.25) is 5.91 Å². The van der Waals surface area contributed by atoms with Crippen LogP contribution in [0.25, 0.3) is 22.0 Å². The van der Waals surface area contributed by atoms with Crippen molar-refractivity contribution >= 4 is 22.7 Å². The molecule has 0 aliphatic carbocycles. The van der Waals surface area contributed by atoms with Gasteiger partial charge in [-0.05, 0) is 48.7 Å². The molecule has 6 heteroatoms. The van der Waals surface area contributed by atoms with Crippen LogP contribution >= 0.6 is 0 Å². The molecule has 2 N–H and O–H groups in total. The highest BCUT2D eigenvalue weighted by molar-refractivity contribution is 5.98. The van der Waals surface area contributed by atoms with E-state index in [-0.39, 0.29) is 23.7 Å². The predicted molar refractivity (Wildman–Crippen MR) is 106 cm³/mol. The van der Waals surface area contributed by atoms with Crippen LogP contribution in [0.5, 0.6) is 0 Å². The van der Waals surface area contributed by atoms with Crippen molar-refractivity contribution < 1.29 is 14.0 Å². The van der Waals surface area contributed by atoms with Gasteiger partial charge in [-0.15, -0.1) is 0 Å². The minimum absolute atomic E-state index is 0.0201. The first-order valence-electron chi connectivity index (χ1n) is 9.45. The number of aromatic nitrogens is 1. The van der Waals surface area contributed by atoms with Crippen LogP contribution in [0, 0.1) is 5.82 Å². The first-order valence-corrected chi connectivity index (χ1v) is 9.45. The highest BCUT2D eigenvalue weighted by atomic mass is 19.1. The Morgan fingerprint density at radius 2 is 1.96 bits per heavy atom. The zero-order valence-electron chi connectivity index (χ0n) is 15.7. The Morgan fingerprint density at radius 3 is 2.71 bits per heavy atom. The summed E-state index contributed by atoms with van der Waals surface area (Å²) in [4.78, 5) is 29.0. The number of amides is 2. The molecule has 1 saturated heterocycles. The predicted octanol–water partition coefficient (Wildman–Crippen LogP) is 3.71. The second-order valence-electron chi connectivity index (χ2n) is 7.25. The minimum Gasteiger partial charge on any atom is -0.360 e. The molecular formula is C22H22FN3O2. The fourth-order valence-corrected chi connectivity index (χ4v) is 3.79. The number of H-pyrrole nitrogens is 1. The maximum absolute atomic E-state index is 13.4. The zero-order valence-corrected chi connectivity index (χ0v) is 15.7. The summed E-state index contributed by atoms with van der Waals surface area (Å²) in [5, 5.41) is 3.96. The van der Waals surface area contributed by atoms with Crippen molar-refractivity contribution in [2.24, 2.45) is 0 Å². The van der Waals surface area contributed by atoms with Crippen molar-refractivity contribution in [1.29, 1.82) is 0 Å². The van der Waals surface area contributed by atoms with Crippen LogP contribution in [0.2, 0.25) is 0 Å². The van der Waals surface area contributed by atoms with Gasteiger partial charge >= 0.3 is 0 Å². The van der Waals surface area contributed by atoms with Crippen LogP contribution in [-0.4, -0.2) is 40.8 Å². The number of carbonyl (C=O) groups is 2. The van der Waals surface area contributed by atoms with Gasteiger partial charge in [0.05, 0.1) is 0 Å². The van der Waals surface area contributed by atoms with Gasteiger partial charge in [0.1, 0.15) is 5.82 Å². The Balaban J connectivity index is 1.48. The van der Waals surface area contributed by atoms with Crippen molar-refractivity contribution in [3.63, 3.8) is 0 Å². The Bertz CT molecular complexity index is 1030. The molecule has 0 spiro atoms. The number of hydrogen-bond donors (Lipinski definition) is 2. The maximum Gasteiger partial charge on any atom is 0.251 e. The van der Waals surface area contributed by atoms with E-state index in [4.69, 9.17) is 0 Å². The van der Waals surface area contributed by atoms with E-state index in [1.165, 1.54) is 12.1 Å². The van der Waals surface area contributed by atoms with Crippen LogP contribution in [-0.2, 0) is 4.79 Å². The SMILES string of the molecule is CC(=O)N1CCCC(NC(=O)c2ccc(-c3c[nH]c4cc(F)ccc34)cc2)C1. The number of aromatic amines is 1. The minimum atomic E-state index is -0.279. The van der Waals surface area contributed by atoms with Crippen molar-refractivity contribution in [2.75, 3.05) is 13.1 Å². The third-order valence-electron chi connectivity index (χ3n) is 5.30. The van der Waals surface area contributed by atoms with Gasteiger partial charge in [0.25, 0.3) is 5.91 Å². The van der Waals surface area contributed by atoms with Gasteiger partial charge in [-0.2, -0.15) is 0 Å². The fraction of sp³-hybridized carbons (Fsp3) is 0.273. The maximum atomic E-state index is 13.4. The Labute approximate surface area is 162 Å². The van der Waals surface area contributed by atoms with E-state index in [9.17, 15) is 14.0 Å². The molecule has 144 valence electrons. The molecule has 3 aromatic rings. The highest BCUT2D eigenvalue weighted by Crippen LogP contribution is 2.29. The van der Waals surface area contributed by atoms with E-state index in [0.717, 1.165) is 41.4 Å². The number of halogens is 1. The molecule has 0 bridgehead atoms. The smallest absolute Gasteiger partial charge is 0.251 e. The lowest BCUT2D eigenvalue weighted by Crippen LogP contribution is -2.49. The molecule has 28 heavy (non-hydrogen) atoms. The summed E-state index contributed by atoms with van der Waals surface area (Å²) in [5.41, 5.74) is 3.24. The molecule has 0 radical (unpaired) electrons. The van der Waals surface area contributed by atoms with Crippen molar-refractivity contribution in [1.82, 2.24) is 15.2 Å². The number of benzene rings is 2. The molecule has 1 fully saturated rings. The lowest BCUT2D eigenvalue weighted by molar-refractivity contribution is -0.130. The summed E-state index contributed by atoms with van der Waals surface area (Å²) in [7, 11) is 0. The Morgan fingerprint density at radius 1 is 1.18 bits per heavy atom. The van der Waals surface area contributed by atoms with Crippen LogP contribution in [0.15, 0.2) is 48.7 Å². The third-order valence-corrected chi connectivity index (χ3v) is 5.30. The van der Waals surface area contributed by atoms with Crippen molar-refractivity contribution in [3.8, 4) is 11.1 Å². The van der Waals surface area contributed by atoms with E-state index in [2.05, 4.69) is 10.3 Å². The summed E-state index contributed by atoms with van der Waals surface area (Å²) in [6.45, 7) is 2.87. The first kappa shape index (κ1) is 18.2. The molecule has 1 aliphatic rings. The summed E-state index contributed by atoms with van der Waals surface area (Å²) in [6, 6.07) is 12.0. The second kappa shape index (κ2) is 7.46. The molecule has 1 atom stereocenters. The number of fused-ring (bicyclic) bond motifs is 1.